The van der Waals surface area contributed by atoms with Crippen molar-refractivity contribution in [3.05, 3.63) is 29.3 Å². The lowest BCUT2D eigenvalue weighted by atomic mass is 9.65. The van der Waals surface area contributed by atoms with Crippen LogP contribution in [0.15, 0.2) is 18.2 Å². The van der Waals surface area contributed by atoms with Gasteiger partial charge in [0, 0.05) is 12.2 Å². The summed E-state index contributed by atoms with van der Waals surface area (Å²) in [4.78, 5) is 28.8. The quantitative estimate of drug-likeness (QED) is 0.691. The molecule has 0 bridgehead atoms. The molecule has 0 radical (unpaired) electrons. The maximum Gasteiger partial charge on any atom is 0.411 e. The van der Waals surface area contributed by atoms with Gasteiger partial charge in [-0.15, -0.1) is 0 Å². The lowest BCUT2D eigenvalue weighted by Crippen LogP contribution is -2.68. The van der Waals surface area contributed by atoms with Crippen LogP contribution in [0, 0.1) is 25.2 Å². The molecule has 1 aromatic carbocycles. The highest BCUT2D eigenvalue weighted by atomic mass is 16.6. The van der Waals surface area contributed by atoms with Crippen LogP contribution in [0.4, 0.5) is 10.5 Å². The first kappa shape index (κ1) is 23.2. The van der Waals surface area contributed by atoms with Gasteiger partial charge in [-0.05, 0) is 69.9 Å². The number of nitrogens with zero attached hydrogens (tertiary/aromatic N) is 1. The zero-order valence-corrected chi connectivity index (χ0v) is 19.6. The van der Waals surface area contributed by atoms with Crippen molar-refractivity contribution >= 4 is 17.7 Å². The van der Waals surface area contributed by atoms with Crippen LogP contribution in [0.25, 0.3) is 0 Å². The van der Waals surface area contributed by atoms with E-state index in [0.29, 0.717) is 18.9 Å². The van der Waals surface area contributed by atoms with Crippen molar-refractivity contribution in [2.75, 3.05) is 11.9 Å². The minimum atomic E-state index is -0.998. The van der Waals surface area contributed by atoms with Crippen molar-refractivity contribution in [2.45, 2.75) is 86.3 Å². The maximum atomic E-state index is 13.9. The average molecular weight is 403 g/mol. The van der Waals surface area contributed by atoms with Crippen LogP contribution < -0.4 is 5.32 Å². The molecule has 1 fully saturated rings. The summed E-state index contributed by atoms with van der Waals surface area (Å²) in [6.45, 7) is 18.3. The van der Waals surface area contributed by atoms with Crippen LogP contribution in [-0.4, -0.2) is 34.6 Å². The first-order valence-electron chi connectivity index (χ1n) is 10.6. The number of likely N-dealkylation sites (tertiary alicyclic amines) is 1. The fourth-order valence-corrected chi connectivity index (χ4v) is 4.32. The van der Waals surface area contributed by atoms with Crippen molar-refractivity contribution in [3.63, 3.8) is 0 Å². The zero-order chi connectivity index (χ0) is 22.2. The van der Waals surface area contributed by atoms with E-state index in [1.165, 1.54) is 0 Å². The molecule has 0 spiro atoms. The van der Waals surface area contributed by atoms with Gasteiger partial charge >= 0.3 is 6.09 Å². The molecule has 5 heteroatoms. The van der Waals surface area contributed by atoms with E-state index in [4.69, 9.17) is 4.74 Å². The maximum absolute atomic E-state index is 13.9. The number of rotatable bonds is 2. The van der Waals surface area contributed by atoms with Crippen molar-refractivity contribution in [3.8, 4) is 0 Å². The summed E-state index contributed by atoms with van der Waals surface area (Å²) in [5, 5.41) is 3.18. The molecule has 1 aromatic rings. The molecule has 1 saturated heterocycles. The Bertz CT molecular complexity index is 753. The molecule has 0 aromatic heterocycles. The standard InChI is InChI=1S/C24H38N2O3/c1-16-13-14-26(21(28)29-23(7,8)9)24(15-16,22(4,5)6)20(27)25-19-17(2)11-10-12-18(19)3/h10-12,16H,13-15H2,1-9H3,(H,25,27)/t16-,24-/m1/s1. The normalized spacial score (nSPS) is 22.9. The Kier molecular flexibility index (Phi) is 6.41. The molecule has 2 atom stereocenters. The number of amides is 2. The first-order valence-corrected chi connectivity index (χ1v) is 10.6. The number of hydrogen-bond acceptors (Lipinski definition) is 3. The Hall–Kier alpha value is -2.04. The predicted molar refractivity (Wildman–Crippen MR) is 118 cm³/mol. The second-order valence-electron chi connectivity index (χ2n) is 10.6. The smallest absolute Gasteiger partial charge is 0.411 e. The molecule has 0 saturated carbocycles. The zero-order valence-electron chi connectivity index (χ0n) is 19.6. The number of hydrogen-bond donors (Lipinski definition) is 1. The topological polar surface area (TPSA) is 58.6 Å². The van der Waals surface area contributed by atoms with E-state index in [-0.39, 0.29) is 5.91 Å². The van der Waals surface area contributed by atoms with Gasteiger partial charge in [0.05, 0.1) is 0 Å². The summed E-state index contributed by atoms with van der Waals surface area (Å²) >= 11 is 0. The van der Waals surface area contributed by atoms with Crippen LogP contribution >= 0.6 is 0 Å². The third-order valence-corrected chi connectivity index (χ3v) is 5.90. The summed E-state index contributed by atoms with van der Waals surface area (Å²) in [6.07, 6.45) is 1.04. The second-order valence-corrected chi connectivity index (χ2v) is 10.6. The molecule has 1 N–H and O–H groups in total. The molecule has 2 amide bonds. The van der Waals surface area contributed by atoms with Crippen molar-refractivity contribution in [1.82, 2.24) is 4.90 Å². The average Bonchev–Trinajstić information content (AvgIpc) is 2.55. The lowest BCUT2D eigenvalue weighted by molar-refractivity contribution is -0.141. The van der Waals surface area contributed by atoms with Gasteiger partial charge in [0.1, 0.15) is 11.1 Å². The van der Waals surface area contributed by atoms with Crippen LogP contribution in [-0.2, 0) is 9.53 Å². The van der Waals surface area contributed by atoms with Crippen LogP contribution in [0.2, 0.25) is 0 Å². The van der Waals surface area contributed by atoms with Crippen LogP contribution in [0.5, 0.6) is 0 Å². The molecule has 1 aliphatic rings. The van der Waals surface area contributed by atoms with Crippen molar-refractivity contribution in [2.24, 2.45) is 11.3 Å². The third kappa shape index (κ3) is 4.76. The number of carbonyl (C=O) groups excluding carboxylic acids is 2. The summed E-state index contributed by atoms with van der Waals surface area (Å²) < 4.78 is 5.72. The molecule has 0 unspecified atom stereocenters. The van der Waals surface area contributed by atoms with Gasteiger partial charge in [-0.3, -0.25) is 9.69 Å². The van der Waals surface area contributed by atoms with E-state index in [1.807, 2.05) is 73.6 Å². The van der Waals surface area contributed by atoms with Gasteiger partial charge < -0.3 is 10.1 Å². The Balaban J connectivity index is 2.54. The molecule has 5 nitrogen and oxygen atoms in total. The van der Waals surface area contributed by atoms with Crippen LogP contribution in [0.1, 0.15) is 72.4 Å². The number of aryl methyl sites for hydroxylation is 2. The minimum Gasteiger partial charge on any atom is -0.444 e. The van der Waals surface area contributed by atoms with E-state index in [2.05, 4.69) is 12.2 Å². The Morgan fingerprint density at radius 3 is 2.14 bits per heavy atom. The van der Waals surface area contributed by atoms with Crippen molar-refractivity contribution < 1.29 is 14.3 Å². The first-order chi connectivity index (χ1) is 13.2. The molecular weight excluding hydrogens is 364 g/mol. The number of benzene rings is 1. The van der Waals surface area contributed by atoms with Gasteiger partial charge in [-0.2, -0.15) is 0 Å². The summed E-state index contributed by atoms with van der Waals surface area (Å²) in [5.41, 5.74) is 0.752. The number of carbonyl (C=O) groups is 2. The highest BCUT2D eigenvalue weighted by Gasteiger charge is 2.57. The molecule has 2 rings (SSSR count). The molecule has 1 heterocycles. The number of para-hydroxylation sites is 1. The Morgan fingerprint density at radius 2 is 1.66 bits per heavy atom. The van der Waals surface area contributed by atoms with Gasteiger partial charge in [-0.25, -0.2) is 4.79 Å². The van der Waals surface area contributed by atoms with Gasteiger partial charge in [-0.1, -0.05) is 45.9 Å². The van der Waals surface area contributed by atoms with E-state index in [9.17, 15) is 9.59 Å². The van der Waals surface area contributed by atoms with Gasteiger partial charge in [0.15, 0.2) is 0 Å². The minimum absolute atomic E-state index is 0.139. The summed E-state index contributed by atoms with van der Waals surface area (Å²) in [5.74, 6) is 0.191. The molecular formula is C24H38N2O3. The van der Waals surface area contributed by atoms with E-state index >= 15 is 0 Å². The van der Waals surface area contributed by atoms with Gasteiger partial charge in [0.2, 0.25) is 0 Å². The fourth-order valence-electron chi connectivity index (χ4n) is 4.32. The highest BCUT2D eigenvalue weighted by molar-refractivity contribution is 6.01. The van der Waals surface area contributed by atoms with Crippen molar-refractivity contribution in [1.29, 1.82) is 0 Å². The third-order valence-electron chi connectivity index (χ3n) is 5.90. The Labute approximate surface area is 176 Å². The molecule has 1 aliphatic heterocycles. The number of nitrogens with one attached hydrogen (secondary N) is 1. The van der Waals surface area contributed by atoms with Crippen LogP contribution in [0.3, 0.4) is 0 Å². The SMILES string of the molecule is Cc1cccc(C)c1NC(=O)[C@@]1(C(C)(C)C)C[C@H](C)CCN1C(=O)OC(C)(C)C. The molecule has 29 heavy (non-hydrogen) atoms. The number of ether oxygens (including phenoxy) is 1. The van der Waals surface area contributed by atoms with Gasteiger partial charge in [0.25, 0.3) is 5.91 Å². The van der Waals surface area contributed by atoms with E-state index < -0.39 is 22.6 Å². The number of anilines is 1. The molecule has 162 valence electrons. The summed E-state index contributed by atoms with van der Waals surface area (Å²) in [7, 11) is 0. The molecule has 0 aliphatic carbocycles. The monoisotopic (exact) mass is 402 g/mol. The van der Waals surface area contributed by atoms with E-state index in [1.54, 1.807) is 4.90 Å². The predicted octanol–water partition coefficient (Wildman–Crippen LogP) is 5.69. The fraction of sp³-hybridized carbons (Fsp3) is 0.667. The second kappa shape index (κ2) is 8.00. The largest absolute Gasteiger partial charge is 0.444 e. The Morgan fingerprint density at radius 1 is 1.10 bits per heavy atom. The highest BCUT2D eigenvalue weighted by Crippen LogP contribution is 2.46. The lowest BCUT2D eigenvalue weighted by Gasteiger charge is -2.54. The summed E-state index contributed by atoms with van der Waals surface area (Å²) in [6, 6.07) is 5.96. The number of piperidine rings is 1. The van der Waals surface area contributed by atoms with E-state index in [0.717, 1.165) is 23.2 Å².